The van der Waals surface area contributed by atoms with Gasteiger partial charge in [0.15, 0.2) is 0 Å². The van der Waals surface area contributed by atoms with Crippen LogP contribution in [0, 0.1) is 10.1 Å². The van der Waals surface area contributed by atoms with Crippen LogP contribution in [0.3, 0.4) is 0 Å². The summed E-state index contributed by atoms with van der Waals surface area (Å²) in [6.45, 7) is 0.722. The summed E-state index contributed by atoms with van der Waals surface area (Å²) < 4.78 is 5.20. The van der Waals surface area contributed by atoms with Crippen molar-refractivity contribution in [3.63, 3.8) is 0 Å². The van der Waals surface area contributed by atoms with E-state index in [1.807, 2.05) is 30.3 Å². The first-order valence-corrected chi connectivity index (χ1v) is 7.27. The highest BCUT2D eigenvalue weighted by Crippen LogP contribution is 2.29. The lowest BCUT2D eigenvalue weighted by Crippen LogP contribution is -2.09. The highest BCUT2D eigenvalue weighted by molar-refractivity contribution is 5.69. The number of benzene rings is 1. The third kappa shape index (κ3) is 3.67. The monoisotopic (exact) mass is 325 g/mol. The van der Waals surface area contributed by atoms with Gasteiger partial charge in [0.1, 0.15) is 12.1 Å². The molecule has 3 rings (SSSR count). The van der Waals surface area contributed by atoms with E-state index in [1.54, 1.807) is 12.1 Å². The van der Waals surface area contributed by atoms with E-state index in [-0.39, 0.29) is 17.3 Å². The average Bonchev–Trinajstić information content (AvgIpc) is 3.12. The van der Waals surface area contributed by atoms with Gasteiger partial charge in [-0.25, -0.2) is 9.97 Å². The Balaban J connectivity index is 1.78. The van der Waals surface area contributed by atoms with Gasteiger partial charge in [0.25, 0.3) is 0 Å². The molecule has 0 aliphatic carbocycles. The van der Waals surface area contributed by atoms with Crippen LogP contribution in [0.25, 0.3) is 0 Å². The molecular weight excluding hydrogens is 310 g/mol. The summed E-state index contributed by atoms with van der Waals surface area (Å²) in [6.07, 6.45) is 2.82. The summed E-state index contributed by atoms with van der Waals surface area (Å²) in [5.41, 5.74) is 0.801. The summed E-state index contributed by atoms with van der Waals surface area (Å²) in [5.74, 6) is 0.962. The van der Waals surface area contributed by atoms with Crippen LogP contribution in [-0.2, 0) is 13.1 Å². The molecule has 0 aliphatic rings. The Morgan fingerprint density at radius 1 is 1.00 bits per heavy atom. The van der Waals surface area contributed by atoms with Crippen LogP contribution in [0.5, 0.6) is 0 Å². The van der Waals surface area contributed by atoms with E-state index >= 15 is 0 Å². The zero-order valence-corrected chi connectivity index (χ0v) is 12.7. The van der Waals surface area contributed by atoms with Crippen molar-refractivity contribution < 1.29 is 9.34 Å². The van der Waals surface area contributed by atoms with Crippen molar-refractivity contribution >= 4 is 17.3 Å². The zero-order chi connectivity index (χ0) is 16.8. The van der Waals surface area contributed by atoms with E-state index in [1.165, 1.54) is 12.6 Å². The molecule has 122 valence electrons. The lowest BCUT2D eigenvalue weighted by Gasteiger charge is -2.09. The fraction of sp³-hybridized carbons (Fsp3) is 0.125. The van der Waals surface area contributed by atoms with Crippen molar-refractivity contribution in [3.8, 4) is 0 Å². The minimum absolute atomic E-state index is 0.141. The second-order valence-corrected chi connectivity index (χ2v) is 4.95. The number of anilines is 2. The van der Waals surface area contributed by atoms with E-state index in [0.29, 0.717) is 18.8 Å². The van der Waals surface area contributed by atoms with Gasteiger partial charge in [0.05, 0.1) is 17.7 Å². The molecule has 0 spiro atoms. The first kappa shape index (κ1) is 15.5. The van der Waals surface area contributed by atoms with Gasteiger partial charge in [-0.15, -0.1) is 0 Å². The van der Waals surface area contributed by atoms with Gasteiger partial charge >= 0.3 is 5.69 Å². The molecule has 0 fully saturated rings. The van der Waals surface area contributed by atoms with Crippen molar-refractivity contribution in [2.45, 2.75) is 13.1 Å². The van der Waals surface area contributed by atoms with Gasteiger partial charge in [-0.3, -0.25) is 10.1 Å². The zero-order valence-electron chi connectivity index (χ0n) is 12.7. The summed E-state index contributed by atoms with van der Waals surface area (Å²) in [4.78, 5) is 18.9. The molecule has 0 bridgehead atoms. The molecule has 2 N–H and O–H groups in total. The van der Waals surface area contributed by atoms with Crippen molar-refractivity contribution in [1.29, 1.82) is 0 Å². The van der Waals surface area contributed by atoms with Gasteiger partial charge in [-0.05, 0) is 17.7 Å². The van der Waals surface area contributed by atoms with E-state index in [0.717, 1.165) is 5.56 Å². The number of rotatable bonds is 7. The largest absolute Gasteiger partial charge is 0.467 e. The summed E-state index contributed by atoms with van der Waals surface area (Å²) in [7, 11) is 0. The lowest BCUT2D eigenvalue weighted by atomic mass is 10.2. The van der Waals surface area contributed by atoms with Crippen molar-refractivity contribution in [2.24, 2.45) is 0 Å². The van der Waals surface area contributed by atoms with E-state index < -0.39 is 4.92 Å². The Bertz CT molecular complexity index is 806. The van der Waals surface area contributed by atoms with Crippen LogP contribution in [-0.4, -0.2) is 14.9 Å². The predicted molar refractivity (Wildman–Crippen MR) is 88.5 cm³/mol. The van der Waals surface area contributed by atoms with Crippen molar-refractivity contribution in [1.82, 2.24) is 9.97 Å². The summed E-state index contributed by atoms with van der Waals surface area (Å²) in [5, 5.41) is 17.3. The highest BCUT2D eigenvalue weighted by Gasteiger charge is 2.22. The van der Waals surface area contributed by atoms with E-state index in [4.69, 9.17) is 4.42 Å². The Kier molecular flexibility index (Phi) is 4.66. The van der Waals surface area contributed by atoms with Crippen LogP contribution in [0.15, 0.2) is 59.5 Å². The molecule has 8 heteroatoms. The first-order chi connectivity index (χ1) is 11.7. The Labute approximate surface area is 137 Å². The molecule has 0 saturated carbocycles. The van der Waals surface area contributed by atoms with Crippen LogP contribution in [0.4, 0.5) is 17.3 Å². The number of nitro groups is 1. The van der Waals surface area contributed by atoms with Gasteiger partial charge < -0.3 is 15.1 Å². The van der Waals surface area contributed by atoms with E-state index in [9.17, 15) is 10.1 Å². The van der Waals surface area contributed by atoms with Gasteiger partial charge in [0.2, 0.25) is 11.6 Å². The molecule has 3 aromatic rings. The molecule has 24 heavy (non-hydrogen) atoms. The fourth-order valence-corrected chi connectivity index (χ4v) is 2.18. The lowest BCUT2D eigenvalue weighted by molar-refractivity contribution is -0.383. The normalized spacial score (nSPS) is 10.3. The molecule has 8 nitrogen and oxygen atoms in total. The smallest absolute Gasteiger partial charge is 0.353 e. The van der Waals surface area contributed by atoms with Crippen LogP contribution in [0.2, 0.25) is 0 Å². The van der Waals surface area contributed by atoms with Crippen LogP contribution >= 0.6 is 0 Å². The third-order valence-corrected chi connectivity index (χ3v) is 3.32. The second-order valence-electron chi connectivity index (χ2n) is 4.95. The number of nitrogens with zero attached hydrogens (tertiary/aromatic N) is 3. The first-order valence-electron chi connectivity index (χ1n) is 7.27. The predicted octanol–water partition coefficient (Wildman–Crippen LogP) is 3.20. The molecule has 0 aliphatic heterocycles. The maximum Gasteiger partial charge on any atom is 0.353 e. The summed E-state index contributed by atoms with van der Waals surface area (Å²) >= 11 is 0. The number of hydrogen-bond donors (Lipinski definition) is 2. The molecule has 2 heterocycles. The Hall–Kier alpha value is -3.42. The molecule has 0 amide bonds. The molecule has 0 unspecified atom stereocenters. The maximum absolute atomic E-state index is 11.4. The minimum atomic E-state index is -0.502. The fourth-order valence-electron chi connectivity index (χ4n) is 2.18. The van der Waals surface area contributed by atoms with Gasteiger partial charge in [0, 0.05) is 6.54 Å². The SMILES string of the molecule is O=[N+]([O-])c1c(NCc2ccccc2)ncnc1NCc1ccco1. The standard InChI is InChI=1S/C16H15N5O3/c22-21(23)14-15(17-9-12-5-2-1-3-6-12)19-11-20-16(14)18-10-13-7-4-8-24-13/h1-8,11H,9-10H2,(H2,17,18,19,20). The van der Waals surface area contributed by atoms with Crippen molar-refractivity contribution in [2.75, 3.05) is 10.6 Å². The Morgan fingerprint density at radius 3 is 2.33 bits per heavy atom. The molecule has 0 atom stereocenters. The maximum atomic E-state index is 11.4. The molecule has 1 aromatic carbocycles. The van der Waals surface area contributed by atoms with Gasteiger partial charge in [-0.2, -0.15) is 0 Å². The molecule has 2 aromatic heterocycles. The highest BCUT2D eigenvalue weighted by atomic mass is 16.6. The number of hydrogen-bond acceptors (Lipinski definition) is 7. The molecular formula is C16H15N5O3. The number of nitrogens with one attached hydrogen (secondary N) is 2. The number of aromatic nitrogens is 2. The molecule has 0 radical (unpaired) electrons. The van der Waals surface area contributed by atoms with Crippen molar-refractivity contribution in [3.05, 3.63) is 76.5 Å². The molecule has 0 saturated heterocycles. The minimum Gasteiger partial charge on any atom is -0.467 e. The second kappa shape index (κ2) is 7.23. The number of furan rings is 1. The van der Waals surface area contributed by atoms with Gasteiger partial charge in [-0.1, -0.05) is 30.3 Å². The third-order valence-electron chi connectivity index (χ3n) is 3.32. The average molecular weight is 325 g/mol. The topological polar surface area (TPSA) is 106 Å². The van der Waals surface area contributed by atoms with Crippen LogP contribution < -0.4 is 10.6 Å². The Morgan fingerprint density at radius 2 is 1.71 bits per heavy atom. The summed E-state index contributed by atoms with van der Waals surface area (Å²) in [6, 6.07) is 13.1. The van der Waals surface area contributed by atoms with Crippen LogP contribution in [0.1, 0.15) is 11.3 Å². The quantitative estimate of drug-likeness (QED) is 0.507. The van der Waals surface area contributed by atoms with E-state index in [2.05, 4.69) is 20.6 Å².